The van der Waals surface area contributed by atoms with E-state index in [4.69, 9.17) is 5.73 Å². The Bertz CT molecular complexity index is 331. The Morgan fingerprint density at radius 2 is 2.00 bits per heavy atom. The number of aryl methyl sites for hydroxylation is 1. The van der Waals surface area contributed by atoms with Crippen molar-refractivity contribution in [2.24, 2.45) is 5.73 Å². The molecule has 0 saturated carbocycles. The Morgan fingerprint density at radius 1 is 1.31 bits per heavy atom. The van der Waals surface area contributed by atoms with Gasteiger partial charge in [0.05, 0.1) is 0 Å². The van der Waals surface area contributed by atoms with Crippen LogP contribution >= 0.6 is 0 Å². The number of rotatable bonds is 5. The van der Waals surface area contributed by atoms with E-state index in [-0.39, 0.29) is 5.54 Å². The summed E-state index contributed by atoms with van der Waals surface area (Å²) >= 11 is 0. The number of hydrogen-bond acceptors (Lipinski definition) is 2. The Kier molecular flexibility index (Phi) is 4.36. The average Bonchev–Trinajstić information content (AvgIpc) is 2.26. The molecular weight excluding hydrogens is 196 g/mol. The third-order valence-corrected chi connectivity index (χ3v) is 3.11. The van der Waals surface area contributed by atoms with Crippen molar-refractivity contribution in [2.45, 2.75) is 39.7 Å². The van der Waals surface area contributed by atoms with Gasteiger partial charge < -0.3 is 10.6 Å². The number of nitrogens with zero attached hydrogens (tertiary/aromatic N) is 1. The van der Waals surface area contributed by atoms with Crippen LogP contribution in [0.5, 0.6) is 0 Å². The lowest BCUT2D eigenvalue weighted by Crippen LogP contribution is -2.47. The van der Waals surface area contributed by atoms with E-state index in [1.165, 1.54) is 11.3 Å². The molecule has 0 saturated heterocycles. The highest BCUT2D eigenvalue weighted by molar-refractivity contribution is 5.48. The van der Waals surface area contributed by atoms with Crippen LogP contribution in [0.3, 0.4) is 0 Å². The summed E-state index contributed by atoms with van der Waals surface area (Å²) in [7, 11) is 0. The maximum atomic E-state index is 6.23. The molecule has 2 heteroatoms. The molecule has 0 bridgehead atoms. The first-order valence-electron chi connectivity index (χ1n) is 6.09. The Hall–Kier alpha value is -1.02. The SMILES string of the molecule is CCN(CC(C)(N)CC)c1cccc(C)c1. The average molecular weight is 220 g/mol. The minimum atomic E-state index is -0.111. The third-order valence-electron chi connectivity index (χ3n) is 3.11. The molecule has 0 amide bonds. The number of benzene rings is 1. The quantitative estimate of drug-likeness (QED) is 0.826. The van der Waals surface area contributed by atoms with Crippen LogP contribution in [-0.4, -0.2) is 18.6 Å². The minimum Gasteiger partial charge on any atom is -0.370 e. The van der Waals surface area contributed by atoms with Crippen molar-refractivity contribution in [2.75, 3.05) is 18.0 Å². The third kappa shape index (κ3) is 3.53. The van der Waals surface area contributed by atoms with Crippen molar-refractivity contribution in [3.63, 3.8) is 0 Å². The van der Waals surface area contributed by atoms with E-state index in [9.17, 15) is 0 Å². The predicted molar refractivity (Wildman–Crippen MR) is 71.9 cm³/mol. The van der Waals surface area contributed by atoms with Gasteiger partial charge in [0.15, 0.2) is 0 Å². The van der Waals surface area contributed by atoms with E-state index in [2.05, 4.69) is 56.9 Å². The van der Waals surface area contributed by atoms with E-state index in [0.29, 0.717) is 0 Å². The molecule has 16 heavy (non-hydrogen) atoms. The van der Waals surface area contributed by atoms with Gasteiger partial charge in [-0.15, -0.1) is 0 Å². The predicted octanol–water partition coefficient (Wildman–Crippen LogP) is 2.95. The van der Waals surface area contributed by atoms with Crippen molar-refractivity contribution in [3.05, 3.63) is 29.8 Å². The van der Waals surface area contributed by atoms with Gasteiger partial charge >= 0.3 is 0 Å². The molecule has 0 fully saturated rings. The molecule has 0 heterocycles. The van der Waals surface area contributed by atoms with Crippen LogP contribution in [0.15, 0.2) is 24.3 Å². The summed E-state index contributed by atoms with van der Waals surface area (Å²) in [4.78, 5) is 2.34. The zero-order valence-corrected chi connectivity index (χ0v) is 11.0. The number of anilines is 1. The van der Waals surface area contributed by atoms with Crippen LogP contribution in [-0.2, 0) is 0 Å². The smallest absolute Gasteiger partial charge is 0.0369 e. The number of hydrogen-bond donors (Lipinski definition) is 1. The van der Waals surface area contributed by atoms with Crippen molar-refractivity contribution >= 4 is 5.69 Å². The van der Waals surface area contributed by atoms with Crippen LogP contribution in [0, 0.1) is 6.92 Å². The minimum absolute atomic E-state index is 0.111. The molecule has 1 rings (SSSR count). The molecule has 2 N–H and O–H groups in total. The lowest BCUT2D eigenvalue weighted by molar-refractivity contribution is 0.448. The Morgan fingerprint density at radius 3 is 2.50 bits per heavy atom. The zero-order chi connectivity index (χ0) is 12.2. The number of likely N-dealkylation sites (N-methyl/N-ethyl adjacent to an activating group) is 1. The maximum absolute atomic E-state index is 6.23. The van der Waals surface area contributed by atoms with E-state index in [0.717, 1.165) is 19.5 Å². The highest BCUT2D eigenvalue weighted by atomic mass is 15.1. The van der Waals surface area contributed by atoms with Crippen LogP contribution < -0.4 is 10.6 Å². The summed E-state index contributed by atoms with van der Waals surface area (Å²) < 4.78 is 0. The zero-order valence-electron chi connectivity index (χ0n) is 11.0. The first-order chi connectivity index (χ1) is 7.48. The molecule has 90 valence electrons. The van der Waals surface area contributed by atoms with Gasteiger partial charge in [0.2, 0.25) is 0 Å². The molecule has 0 aliphatic heterocycles. The fourth-order valence-electron chi connectivity index (χ4n) is 1.76. The highest BCUT2D eigenvalue weighted by Gasteiger charge is 2.19. The second kappa shape index (κ2) is 5.35. The van der Waals surface area contributed by atoms with E-state index in [1.54, 1.807) is 0 Å². The Balaban J connectivity index is 2.82. The van der Waals surface area contributed by atoms with Gasteiger partial charge in [-0.05, 0) is 44.9 Å². The summed E-state index contributed by atoms with van der Waals surface area (Å²) in [6, 6.07) is 8.60. The molecule has 1 aromatic rings. The summed E-state index contributed by atoms with van der Waals surface area (Å²) in [6.45, 7) is 10.5. The van der Waals surface area contributed by atoms with Crippen molar-refractivity contribution in [1.82, 2.24) is 0 Å². The van der Waals surface area contributed by atoms with Gasteiger partial charge in [-0.2, -0.15) is 0 Å². The first-order valence-corrected chi connectivity index (χ1v) is 6.09. The standard InChI is InChI=1S/C14H24N2/c1-5-14(4,15)11-16(6-2)13-9-7-8-12(3)10-13/h7-10H,5-6,11,15H2,1-4H3. The largest absolute Gasteiger partial charge is 0.370 e. The normalized spacial score (nSPS) is 14.6. The lowest BCUT2D eigenvalue weighted by Gasteiger charge is -2.32. The molecule has 0 radical (unpaired) electrons. The van der Waals surface area contributed by atoms with E-state index in [1.807, 2.05) is 0 Å². The maximum Gasteiger partial charge on any atom is 0.0369 e. The molecular formula is C14H24N2. The van der Waals surface area contributed by atoms with Gasteiger partial charge in [-0.3, -0.25) is 0 Å². The molecule has 1 atom stereocenters. The Labute approximate surface area is 99.5 Å². The van der Waals surface area contributed by atoms with Crippen LogP contribution in [0.1, 0.15) is 32.8 Å². The fourth-order valence-corrected chi connectivity index (χ4v) is 1.76. The monoisotopic (exact) mass is 220 g/mol. The molecule has 1 aromatic carbocycles. The summed E-state index contributed by atoms with van der Waals surface area (Å²) in [5, 5.41) is 0. The van der Waals surface area contributed by atoms with Crippen molar-refractivity contribution in [1.29, 1.82) is 0 Å². The molecule has 2 nitrogen and oxygen atoms in total. The van der Waals surface area contributed by atoms with Gasteiger partial charge in [0.25, 0.3) is 0 Å². The topological polar surface area (TPSA) is 29.3 Å². The van der Waals surface area contributed by atoms with Gasteiger partial charge in [0.1, 0.15) is 0 Å². The van der Waals surface area contributed by atoms with Gasteiger partial charge in [0, 0.05) is 24.3 Å². The van der Waals surface area contributed by atoms with Crippen LogP contribution in [0.2, 0.25) is 0 Å². The second-order valence-corrected chi connectivity index (χ2v) is 4.86. The van der Waals surface area contributed by atoms with Gasteiger partial charge in [-0.1, -0.05) is 19.1 Å². The number of nitrogens with two attached hydrogens (primary N) is 1. The van der Waals surface area contributed by atoms with Gasteiger partial charge in [-0.25, -0.2) is 0 Å². The lowest BCUT2D eigenvalue weighted by atomic mass is 9.99. The van der Waals surface area contributed by atoms with E-state index >= 15 is 0 Å². The van der Waals surface area contributed by atoms with Crippen molar-refractivity contribution in [3.8, 4) is 0 Å². The molecule has 1 unspecified atom stereocenters. The fraction of sp³-hybridized carbons (Fsp3) is 0.571. The molecule has 0 aliphatic carbocycles. The van der Waals surface area contributed by atoms with Crippen molar-refractivity contribution < 1.29 is 0 Å². The molecule has 0 aromatic heterocycles. The van der Waals surface area contributed by atoms with Crippen LogP contribution in [0.4, 0.5) is 5.69 Å². The highest BCUT2D eigenvalue weighted by Crippen LogP contribution is 2.18. The summed E-state index contributed by atoms with van der Waals surface area (Å²) in [5.41, 5.74) is 8.68. The first kappa shape index (κ1) is 13.0. The van der Waals surface area contributed by atoms with E-state index < -0.39 is 0 Å². The molecule has 0 aliphatic rings. The molecule has 0 spiro atoms. The second-order valence-electron chi connectivity index (χ2n) is 4.86. The summed E-state index contributed by atoms with van der Waals surface area (Å²) in [5.74, 6) is 0. The van der Waals surface area contributed by atoms with Crippen LogP contribution in [0.25, 0.3) is 0 Å². The summed E-state index contributed by atoms with van der Waals surface area (Å²) in [6.07, 6.45) is 0.995.